The van der Waals surface area contributed by atoms with Crippen molar-refractivity contribution in [2.45, 2.75) is 19.5 Å². The summed E-state index contributed by atoms with van der Waals surface area (Å²) < 4.78 is 3.02. The van der Waals surface area contributed by atoms with Crippen LogP contribution in [-0.2, 0) is 13.6 Å². The van der Waals surface area contributed by atoms with Gasteiger partial charge in [-0.1, -0.05) is 28.1 Å². The summed E-state index contributed by atoms with van der Waals surface area (Å²) in [5.41, 5.74) is 1.26. The van der Waals surface area contributed by atoms with Gasteiger partial charge in [0.1, 0.15) is 12.2 Å². The summed E-state index contributed by atoms with van der Waals surface area (Å²) in [7, 11) is 1.95. The molecule has 1 aromatic heterocycles. The third kappa shape index (κ3) is 3.14. The first-order valence-corrected chi connectivity index (χ1v) is 6.28. The Kier molecular flexibility index (Phi) is 3.91. The summed E-state index contributed by atoms with van der Waals surface area (Å²) in [6.07, 6.45) is 1.71. The van der Waals surface area contributed by atoms with Crippen LogP contribution >= 0.6 is 15.9 Å². The first kappa shape index (κ1) is 12.3. The molecule has 0 saturated carbocycles. The van der Waals surface area contributed by atoms with E-state index >= 15 is 0 Å². The fourth-order valence-corrected chi connectivity index (χ4v) is 1.85. The minimum absolute atomic E-state index is 0.291. The number of halogens is 1. The average molecular weight is 295 g/mol. The molecule has 90 valence electrons. The minimum Gasteiger partial charge on any atom is -0.320 e. The normalized spacial score (nSPS) is 12.6. The Balaban J connectivity index is 1.95. The van der Waals surface area contributed by atoms with Gasteiger partial charge in [0.25, 0.3) is 0 Å². The molecule has 2 aromatic rings. The molecule has 2 rings (SSSR count). The van der Waals surface area contributed by atoms with E-state index in [1.165, 1.54) is 5.56 Å². The Labute approximate surface area is 109 Å². The monoisotopic (exact) mass is 294 g/mol. The van der Waals surface area contributed by atoms with E-state index in [1.807, 2.05) is 11.6 Å². The van der Waals surface area contributed by atoms with E-state index in [9.17, 15) is 0 Å². The summed E-state index contributed by atoms with van der Waals surface area (Å²) in [6, 6.07) is 8.61. The fourth-order valence-electron chi connectivity index (χ4n) is 1.58. The van der Waals surface area contributed by atoms with Gasteiger partial charge in [-0.05, 0) is 24.6 Å². The molecule has 1 atom stereocenters. The van der Waals surface area contributed by atoms with Gasteiger partial charge in [-0.15, -0.1) is 10.2 Å². The van der Waals surface area contributed by atoms with Crippen molar-refractivity contribution in [2.75, 3.05) is 0 Å². The molecule has 0 aliphatic rings. The molecule has 1 heterocycles. The lowest BCUT2D eigenvalue weighted by Crippen LogP contribution is -2.20. The number of hydrogen-bond acceptors (Lipinski definition) is 3. The van der Waals surface area contributed by atoms with E-state index in [0.717, 1.165) is 10.3 Å². The largest absolute Gasteiger partial charge is 0.320 e. The van der Waals surface area contributed by atoms with Gasteiger partial charge in [0.15, 0.2) is 0 Å². The molecule has 0 aliphatic carbocycles. The molecular formula is C12H15BrN4. The van der Waals surface area contributed by atoms with Gasteiger partial charge in [-0.2, -0.15) is 0 Å². The molecule has 0 radical (unpaired) electrons. The summed E-state index contributed by atoms with van der Waals surface area (Å²) in [5.74, 6) is 0.939. The van der Waals surface area contributed by atoms with Crippen LogP contribution in [0.25, 0.3) is 0 Å². The highest BCUT2D eigenvalue weighted by Crippen LogP contribution is 2.16. The van der Waals surface area contributed by atoms with E-state index in [-0.39, 0.29) is 0 Å². The first-order chi connectivity index (χ1) is 8.16. The van der Waals surface area contributed by atoms with E-state index < -0.39 is 0 Å². The molecule has 0 bridgehead atoms. The predicted octanol–water partition coefficient (Wildman–Crippen LogP) is 2.43. The first-order valence-electron chi connectivity index (χ1n) is 5.48. The van der Waals surface area contributed by atoms with E-state index in [1.54, 1.807) is 6.33 Å². The number of aromatic nitrogens is 3. The quantitative estimate of drug-likeness (QED) is 0.942. The smallest absolute Gasteiger partial charge is 0.146 e. The molecular weight excluding hydrogens is 280 g/mol. The van der Waals surface area contributed by atoms with Crippen molar-refractivity contribution in [3.05, 3.63) is 46.5 Å². The molecule has 0 saturated heterocycles. The van der Waals surface area contributed by atoms with Crippen LogP contribution in [-0.4, -0.2) is 14.8 Å². The molecule has 0 aliphatic heterocycles. The van der Waals surface area contributed by atoms with Gasteiger partial charge in [0.2, 0.25) is 0 Å². The lowest BCUT2D eigenvalue weighted by atomic mass is 10.1. The van der Waals surface area contributed by atoms with Crippen molar-refractivity contribution >= 4 is 15.9 Å². The molecule has 1 aromatic carbocycles. The molecule has 1 N–H and O–H groups in total. The van der Waals surface area contributed by atoms with Crippen LogP contribution in [0, 0.1) is 0 Å². The standard InChI is InChI=1S/C12H15BrN4/c1-9(10-3-5-11(13)6-4-10)14-7-12-16-15-8-17(12)2/h3-6,8-9,14H,7H2,1-2H3/t9-/m0/s1. The summed E-state index contributed by atoms with van der Waals surface area (Å²) in [6.45, 7) is 2.85. The summed E-state index contributed by atoms with van der Waals surface area (Å²) >= 11 is 3.43. The van der Waals surface area contributed by atoms with Gasteiger partial charge in [0, 0.05) is 17.6 Å². The minimum atomic E-state index is 0.291. The van der Waals surface area contributed by atoms with E-state index in [4.69, 9.17) is 0 Å². The Morgan fingerprint density at radius 1 is 1.35 bits per heavy atom. The molecule has 5 heteroatoms. The Hall–Kier alpha value is -1.20. The topological polar surface area (TPSA) is 42.7 Å². The zero-order valence-corrected chi connectivity index (χ0v) is 11.5. The SMILES string of the molecule is C[C@H](NCc1nncn1C)c1ccc(Br)cc1. The highest BCUT2D eigenvalue weighted by Gasteiger charge is 2.06. The number of nitrogens with zero attached hydrogens (tertiary/aromatic N) is 3. The molecule has 0 fully saturated rings. The molecule has 4 nitrogen and oxygen atoms in total. The van der Waals surface area contributed by atoms with Crippen molar-refractivity contribution in [1.82, 2.24) is 20.1 Å². The van der Waals surface area contributed by atoms with Gasteiger partial charge < -0.3 is 9.88 Å². The van der Waals surface area contributed by atoms with Crippen LogP contribution in [0.4, 0.5) is 0 Å². The molecule has 17 heavy (non-hydrogen) atoms. The van der Waals surface area contributed by atoms with Crippen molar-refractivity contribution < 1.29 is 0 Å². The fraction of sp³-hybridized carbons (Fsp3) is 0.333. The predicted molar refractivity (Wildman–Crippen MR) is 70.4 cm³/mol. The second kappa shape index (κ2) is 5.42. The second-order valence-electron chi connectivity index (χ2n) is 4.01. The molecule has 0 unspecified atom stereocenters. The lowest BCUT2D eigenvalue weighted by molar-refractivity contribution is 0.548. The van der Waals surface area contributed by atoms with Crippen LogP contribution in [0.2, 0.25) is 0 Å². The van der Waals surface area contributed by atoms with Gasteiger partial charge in [-0.25, -0.2) is 0 Å². The van der Waals surface area contributed by atoms with Crippen molar-refractivity contribution in [3.63, 3.8) is 0 Å². The Bertz CT molecular complexity index is 478. The van der Waals surface area contributed by atoms with Crippen LogP contribution < -0.4 is 5.32 Å². The van der Waals surface area contributed by atoms with E-state index in [2.05, 4.69) is 62.6 Å². The Morgan fingerprint density at radius 2 is 2.06 bits per heavy atom. The van der Waals surface area contributed by atoms with Crippen molar-refractivity contribution in [2.24, 2.45) is 7.05 Å². The van der Waals surface area contributed by atoms with Crippen LogP contribution in [0.3, 0.4) is 0 Å². The third-order valence-electron chi connectivity index (χ3n) is 2.74. The summed E-state index contributed by atoms with van der Waals surface area (Å²) in [5, 5.41) is 11.3. The van der Waals surface area contributed by atoms with Crippen LogP contribution in [0.15, 0.2) is 35.1 Å². The number of nitrogens with one attached hydrogen (secondary N) is 1. The molecule has 0 spiro atoms. The van der Waals surface area contributed by atoms with Gasteiger partial charge in [-0.3, -0.25) is 0 Å². The second-order valence-corrected chi connectivity index (χ2v) is 4.93. The highest BCUT2D eigenvalue weighted by atomic mass is 79.9. The van der Waals surface area contributed by atoms with Crippen molar-refractivity contribution in [3.8, 4) is 0 Å². The number of benzene rings is 1. The maximum absolute atomic E-state index is 4.04. The highest BCUT2D eigenvalue weighted by molar-refractivity contribution is 9.10. The van der Waals surface area contributed by atoms with Crippen LogP contribution in [0.1, 0.15) is 24.4 Å². The van der Waals surface area contributed by atoms with Gasteiger partial charge >= 0.3 is 0 Å². The van der Waals surface area contributed by atoms with Gasteiger partial charge in [0.05, 0.1) is 6.54 Å². The number of hydrogen-bond donors (Lipinski definition) is 1. The third-order valence-corrected chi connectivity index (χ3v) is 3.27. The van der Waals surface area contributed by atoms with E-state index in [0.29, 0.717) is 12.6 Å². The lowest BCUT2D eigenvalue weighted by Gasteiger charge is -2.13. The zero-order valence-electron chi connectivity index (χ0n) is 9.89. The Morgan fingerprint density at radius 3 is 2.65 bits per heavy atom. The zero-order chi connectivity index (χ0) is 12.3. The van der Waals surface area contributed by atoms with Crippen LogP contribution in [0.5, 0.6) is 0 Å². The number of aryl methyl sites for hydroxylation is 1. The maximum atomic E-state index is 4.04. The maximum Gasteiger partial charge on any atom is 0.146 e. The number of rotatable bonds is 4. The molecule has 0 amide bonds. The average Bonchev–Trinajstić information content (AvgIpc) is 2.73. The van der Waals surface area contributed by atoms with Crippen molar-refractivity contribution in [1.29, 1.82) is 0 Å². The summed E-state index contributed by atoms with van der Waals surface area (Å²) in [4.78, 5) is 0.